The highest BCUT2D eigenvalue weighted by atomic mass is 16.1. The maximum absolute atomic E-state index is 12.1. The molecule has 4 rings (SSSR count). The number of aryl methyl sites for hydroxylation is 1. The fraction of sp³-hybridized carbons (Fsp3) is 0.200. The minimum absolute atomic E-state index is 0.414. The topological polar surface area (TPSA) is 71.8 Å². The number of nitriles is 1. The average Bonchev–Trinajstić information content (AvgIpc) is 3.05. The first kappa shape index (κ1) is 18.8. The van der Waals surface area contributed by atoms with Crippen LogP contribution in [-0.2, 0) is 13.0 Å². The molecular weight excluding hydrogens is 358 g/mol. The summed E-state index contributed by atoms with van der Waals surface area (Å²) in [5.41, 5.74) is 11.4. The summed E-state index contributed by atoms with van der Waals surface area (Å²) >= 11 is 0. The summed E-state index contributed by atoms with van der Waals surface area (Å²) in [5, 5.41) is 11.0. The smallest absolute Gasteiger partial charge is 0.249 e. The van der Waals surface area contributed by atoms with Gasteiger partial charge >= 0.3 is 0 Å². The SMILES string of the molecule is CCCCc1ccc2c3c(C(N)=O)cccc3n(Cc3ccc(C#N)cc3)c2c1. The first-order valence-corrected chi connectivity index (χ1v) is 9.95. The van der Waals surface area contributed by atoms with E-state index in [9.17, 15) is 4.79 Å². The molecular formula is C25H23N3O. The number of benzene rings is 3. The van der Waals surface area contributed by atoms with Crippen molar-refractivity contribution in [3.63, 3.8) is 0 Å². The second-order valence-electron chi connectivity index (χ2n) is 7.41. The molecule has 0 aliphatic heterocycles. The van der Waals surface area contributed by atoms with Crippen molar-refractivity contribution in [3.05, 3.63) is 82.9 Å². The van der Waals surface area contributed by atoms with Crippen LogP contribution in [0.3, 0.4) is 0 Å². The molecule has 0 fully saturated rings. The zero-order valence-corrected chi connectivity index (χ0v) is 16.5. The van der Waals surface area contributed by atoms with Crippen LogP contribution in [-0.4, -0.2) is 10.5 Å². The van der Waals surface area contributed by atoms with E-state index < -0.39 is 5.91 Å². The van der Waals surface area contributed by atoms with Crippen LogP contribution in [0, 0.1) is 11.3 Å². The number of nitrogens with zero attached hydrogens (tertiary/aromatic N) is 2. The second-order valence-corrected chi connectivity index (χ2v) is 7.41. The number of nitrogens with two attached hydrogens (primary N) is 1. The lowest BCUT2D eigenvalue weighted by molar-refractivity contribution is 0.100. The Labute approximate surface area is 170 Å². The molecule has 144 valence electrons. The Morgan fingerprint density at radius 3 is 2.48 bits per heavy atom. The number of unbranched alkanes of at least 4 members (excludes halogenated alkanes) is 1. The number of primary amides is 1. The van der Waals surface area contributed by atoms with Gasteiger partial charge in [0.15, 0.2) is 0 Å². The van der Waals surface area contributed by atoms with E-state index in [0.717, 1.165) is 46.6 Å². The molecule has 1 aromatic heterocycles. The quantitative estimate of drug-likeness (QED) is 0.501. The summed E-state index contributed by atoms with van der Waals surface area (Å²) < 4.78 is 2.24. The van der Waals surface area contributed by atoms with Crippen molar-refractivity contribution in [2.75, 3.05) is 0 Å². The van der Waals surface area contributed by atoms with Crippen molar-refractivity contribution in [2.45, 2.75) is 32.7 Å². The van der Waals surface area contributed by atoms with Gasteiger partial charge in [-0.2, -0.15) is 5.26 Å². The Hall–Kier alpha value is -3.58. The normalized spacial score (nSPS) is 11.0. The van der Waals surface area contributed by atoms with Crippen LogP contribution in [0.2, 0.25) is 0 Å². The van der Waals surface area contributed by atoms with E-state index in [1.165, 1.54) is 5.56 Å². The number of fused-ring (bicyclic) bond motifs is 3. The standard InChI is InChI=1S/C25H23N3O/c1-2-3-5-17-12-13-20-23(14-17)28(16-19-10-8-18(15-26)9-11-19)22-7-4-6-21(24(20)22)25(27)29/h4,6-14H,2-3,5,16H2,1H3,(H2,27,29). The molecule has 4 aromatic rings. The van der Waals surface area contributed by atoms with Gasteiger partial charge in [-0.3, -0.25) is 4.79 Å². The monoisotopic (exact) mass is 381 g/mol. The average molecular weight is 381 g/mol. The van der Waals surface area contributed by atoms with Gasteiger partial charge in [0.25, 0.3) is 0 Å². The van der Waals surface area contributed by atoms with Crippen molar-refractivity contribution in [1.82, 2.24) is 4.57 Å². The minimum atomic E-state index is -0.414. The highest BCUT2D eigenvalue weighted by Crippen LogP contribution is 2.33. The van der Waals surface area contributed by atoms with E-state index >= 15 is 0 Å². The third-order valence-electron chi connectivity index (χ3n) is 5.46. The molecule has 29 heavy (non-hydrogen) atoms. The molecule has 3 aromatic carbocycles. The van der Waals surface area contributed by atoms with Gasteiger partial charge in [0.2, 0.25) is 5.91 Å². The molecule has 0 saturated carbocycles. The van der Waals surface area contributed by atoms with Gasteiger partial charge in [-0.25, -0.2) is 0 Å². The van der Waals surface area contributed by atoms with Crippen molar-refractivity contribution < 1.29 is 4.79 Å². The Balaban J connectivity index is 1.94. The van der Waals surface area contributed by atoms with E-state index in [2.05, 4.69) is 35.8 Å². The molecule has 0 unspecified atom stereocenters. The van der Waals surface area contributed by atoms with Crippen LogP contribution in [0.1, 0.15) is 46.8 Å². The first-order valence-electron chi connectivity index (χ1n) is 9.95. The van der Waals surface area contributed by atoms with Gasteiger partial charge < -0.3 is 10.3 Å². The van der Waals surface area contributed by atoms with E-state index in [-0.39, 0.29) is 0 Å². The Morgan fingerprint density at radius 1 is 1.03 bits per heavy atom. The van der Waals surface area contributed by atoms with E-state index in [1.807, 2.05) is 36.4 Å². The van der Waals surface area contributed by atoms with Gasteiger partial charge in [0.05, 0.1) is 17.1 Å². The third-order valence-corrected chi connectivity index (χ3v) is 5.46. The van der Waals surface area contributed by atoms with Crippen LogP contribution < -0.4 is 5.73 Å². The van der Waals surface area contributed by atoms with Crippen molar-refractivity contribution in [2.24, 2.45) is 5.73 Å². The van der Waals surface area contributed by atoms with Gasteiger partial charge in [-0.15, -0.1) is 0 Å². The van der Waals surface area contributed by atoms with Crippen LogP contribution in [0.5, 0.6) is 0 Å². The van der Waals surface area contributed by atoms with E-state index in [0.29, 0.717) is 17.7 Å². The number of hydrogen-bond acceptors (Lipinski definition) is 2. The molecule has 0 aliphatic carbocycles. The molecule has 0 aliphatic rings. The largest absolute Gasteiger partial charge is 0.366 e. The zero-order valence-electron chi connectivity index (χ0n) is 16.5. The molecule has 0 spiro atoms. The Bertz CT molecular complexity index is 1240. The maximum Gasteiger partial charge on any atom is 0.249 e. The molecule has 1 heterocycles. The summed E-state index contributed by atoms with van der Waals surface area (Å²) in [6, 6.07) is 22.0. The van der Waals surface area contributed by atoms with Crippen LogP contribution in [0.25, 0.3) is 21.8 Å². The van der Waals surface area contributed by atoms with Crippen molar-refractivity contribution in [3.8, 4) is 6.07 Å². The predicted molar refractivity (Wildman–Crippen MR) is 117 cm³/mol. The Morgan fingerprint density at radius 2 is 1.79 bits per heavy atom. The third kappa shape index (κ3) is 3.48. The summed E-state index contributed by atoms with van der Waals surface area (Å²) in [7, 11) is 0. The van der Waals surface area contributed by atoms with Crippen molar-refractivity contribution >= 4 is 27.7 Å². The van der Waals surface area contributed by atoms with E-state index in [4.69, 9.17) is 11.0 Å². The predicted octanol–water partition coefficient (Wildman–Crippen LogP) is 5.16. The van der Waals surface area contributed by atoms with Crippen LogP contribution >= 0.6 is 0 Å². The highest BCUT2D eigenvalue weighted by molar-refractivity contribution is 6.18. The van der Waals surface area contributed by atoms with Gasteiger partial charge in [-0.05, 0) is 54.3 Å². The first-order chi connectivity index (χ1) is 14.1. The Kier molecular flexibility index (Phi) is 5.05. The molecule has 0 atom stereocenters. The number of hydrogen-bond donors (Lipinski definition) is 1. The molecule has 0 saturated heterocycles. The zero-order chi connectivity index (χ0) is 20.4. The number of aromatic nitrogens is 1. The highest BCUT2D eigenvalue weighted by Gasteiger charge is 2.17. The number of carbonyl (C=O) groups is 1. The van der Waals surface area contributed by atoms with Crippen LogP contribution in [0.15, 0.2) is 60.7 Å². The fourth-order valence-electron chi connectivity index (χ4n) is 3.97. The summed E-state index contributed by atoms with van der Waals surface area (Å²) in [6.45, 7) is 2.85. The number of carbonyl (C=O) groups excluding carboxylic acids is 1. The molecule has 4 heteroatoms. The van der Waals surface area contributed by atoms with Gasteiger partial charge in [0.1, 0.15) is 0 Å². The van der Waals surface area contributed by atoms with Crippen LogP contribution in [0.4, 0.5) is 0 Å². The molecule has 0 radical (unpaired) electrons. The fourth-order valence-corrected chi connectivity index (χ4v) is 3.97. The number of amides is 1. The van der Waals surface area contributed by atoms with Gasteiger partial charge in [0, 0.05) is 28.4 Å². The van der Waals surface area contributed by atoms with Crippen molar-refractivity contribution in [1.29, 1.82) is 5.26 Å². The molecule has 4 nitrogen and oxygen atoms in total. The maximum atomic E-state index is 12.1. The summed E-state index contributed by atoms with van der Waals surface area (Å²) in [6.07, 6.45) is 3.33. The minimum Gasteiger partial charge on any atom is -0.366 e. The summed E-state index contributed by atoms with van der Waals surface area (Å²) in [4.78, 5) is 12.1. The lowest BCUT2D eigenvalue weighted by Crippen LogP contribution is -2.11. The lowest BCUT2D eigenvalue weighted by atomic mass is 10.0. The lowest BCUT2D eigenvalue weighted by Gasteiger charge is -2.09. The molecule has 0 bridgehead atoms. The summed E-state index contributed by atoms with van der Waals surface area (Å²) in [5.74, 6) is -0.414. The second kappa shape index (κ2) is 7.81. The molecule has 2 N–H and O–H groups in total. The number of rotatable bonds is 6. The van der Waals surface area contributed by atoms with E-state index in [1.54, 1.807) is 6.07 Å². The molecule has 1 amide bonds. The van der Waals surface area contributed by atoms with Gasteiger partial charge in [-0.1, -0.05) is 43.7 Å².